The van der Waals surface area contributed by atoms with Gasteiger partial charge in [-0.1, -0.05) is 13.0 Å². The highest BCUT2D eigenvalue weighted by atomic mass is 16.5. The third-order valence-corrected chi connectivity index (χ3v) is 2.84. The van der Waals surface area contributed by atoms with Gasteiger partial charge in [0.05, 0.1) is 5.69 Å². The van der Waals surface area contributed by atoms with E-state index in [0.29, 0.717) is 11.4 Å². The minimum atomic E-state index is -0.552. The minimum absolute atomic E-state index is 0.121. The van der Waals surface area contributed by atoms with E-state index >= 15 is 0 Å². The van der Waals surface area contributed by atoms with Gasteiger partial charge in [0.15, 0.2) is 6.10 Å². The number of carbonyl (C=O) groups is 1. The lowest BCUT2D eigenvalue weighted by molar-refractivity contribution is -0.127. The van der Waals surface area contributed by atoms with E-state index in [-0.39, 0.29) is 11.9 Å². The number of hydrogen-bond acceptors (Lipinski definition) is 3. The summed E-state index contributed by atoms with van der Waals surface area (Å²) < 4.78 is 5.57. The van der Waals surface area contributed by atoms with Crippen LogP contribution in [0.25, 0.3) is 0 Å². The molecule has 0 saturated carbocycles. The van der Waals surface area contributed by atoms with Crippen molar-refractivity contribution in [3.05, 3.63) is 23.8 Å². The first-order valence-electron chi connectivity index (χ1n) is 6.27. The van der Waals surface area contributed by atoms with E-state index in [1.807, 2.05) is 32.9 Å². The van der Waals surface area contributed by atoms with Crippen LogP contribution >= 0.6 is 0 Å². The van der Waals surface area contributed by atoms with E-state index in [4.69, 9.17) is 10.5 Å². The third kappa shape index (κ3) is 3.95. The molecule has 0 saturated heterocycles. The quantitative estimate of drug-likeness (QED) is 0.788. The standard InChI is InChI=1S/C14H22N2O2/c1-5-10(3)16-14(17)11(4)18-13-7-6-9(2)8-12(13)15/h6-8,10-11H,5,15H2,1-4H3,(H,16,17). The fraction of sp³-hybridized carbons (Fsp3) is 0.500. The molecule has 0 heterocycles. The summed E-state index contributed by atoms with van der Waals surface area (Å²) in [6.07, 6.45) is 0.342. The molecule has 4 heteroatoms. The average Bonchev–Trinajstić information content (AvgIpc) is 2.32. The number of anilines is 1. The number of carbonyl (C=O) groups excluding carboxylic acids is 1. The second-order valence-electron chi connectivity index (χ2n) is 4.62. The van der Waals surface area contributed by atoms with Crippen molar-refractivity contribution < 1.29 is 9.53 Å². The van der Waals surface area contributed by atoms with Crippen molar-refractivity contribution >= 4 is 11.6 Å². The summed E-state index contributed by atoms with van der Waals surface area (Å²) in [5.74, 6) is 0.428. The van der Waals surface area contributed by atoms with Crippen LogP contribution < -0.4 is 15.8 Å². The van der Waals surface area contributed by atoms with Crippen molar-refractivity contribution in [2.75, 3.05) is 5.73 Å². The van der Waals surface area contributed by atoms with Gasteiger partial charge in [-0.15, -0.1) is 0 Å². The Hall–Kier alpha value is -1.71. The Morgan fingerprint density at radius 3 is 2.67 bits per heavy atom. The fourth-order valence-corrected chi connectivity index (χ4v) is 1.48. The van der Waals surface area contributed by atoms with Gasteiger partial charge in [-0.3, -0.25) is 4.79 Å². The van der Waals surface area contributed by atoms with Crippen molar-refractivity contribution in [1.29, 1.82) is 0 Å². The van der Waals surface area contributed by atoms with E-state index in [0.717, 1.165) is 12.0 Å². The average molecular weight is 250 g/mol. The summed E-state index contributed by atoms with van der Waals surface area (Å²) >= 11 is 0. The van der Waals surface area contributed by atoms with Crippen molar-refractivity contribution in [2.45, 2.75) is 46.3 Å². The molecule has 2 unspecified atom stereocenters. The van der Waals surface area contributed by atoms with Gasteiger partial charge < -0.3 is 15.8 Å². The van der Waals surface area contributed by atoms with Crippen LogP contribution in [-0.2, 0) is 4.79 Å². The summed E-state index contributed by atoms with van der Waals surface area (Å²) in [5, 5.41) is 2.88. The number of nitrogens with one attached hydrogen (secondary N) is 1. The van der Waals surface area contributed by atoms with Crippen molar-refractivity contribution in [2.24, 2.45) is 0 Å². The van der Waals surface area contributed by atoms with Crippen LogP contribution in [0.2, 0.25) is 0 Å². The number of hydrogen-bond donors (Lipinski definition) is 2. The number of benzene rings is 1. The van der Waals surface area contributed by atoms with Gasteiger partial charge in [-0.25, -0.2) is 0 Å². The number of amides is 1. The zero-order valence-corrected chi connectivity index (χ0v) is 11.5. The van der Waals surface area contributed by atoms with Gasteiger partial charge in [0.1, 0.15) is 5.75 Å². The monoisotopic (exact) mass is 250 g/mol. The Morgan fingerprint density at radius 2 is 2.11 bits per heavy atom. The van der Waals surface area contributed by atoms with Crippen LogP contribution in [0, 0.1) is 6.92 Å². The Bertz CT molecular complexity index is 418. The van der Waals surface area contributed by atoms with Crippen molar-refractivity contribution in [1.82, 2.24) is 5.32 Å². The lowest BCUT2D eigenvalue weighted by Crippen LogP contribution is -2.41. The summed E-state index contributed by atoms with van der Waals surface area (Å²) in [4.78, 5) is 11.8. The SMILES string of the molecule is CCC(C)NC(=O)C(C)Oc1ccc(C)cc1N. The number of nitrogen functional groups attached to an aromatic ring is 1. The summed E-state index contributed by atoms with van der Waals surface area (Å²) in [7, 11) is 0. The lowest BCUT2D eigenvalue weighted by Gasteiger charge is -2.18. The van der Waals surface area contributed by atoms with E-state index in [1.54, 1.807) is 13.0 Å². The molecule has 0 aromatic heterocycles. The van der Waals surface area contributed by atoms with Crippen LogP contribution in [0.4, 0.5) is 5.69 Å². The van der Waals surface area contributed by atoms with E-state index in [9.17, 15) is 4.79 Å². The van der Waals surface area contributed by atoms with Gasteiger partial charge in [-0.05, 0) is 44.9 Å². The molecule has 1 aromatic rings. The second-order valence-corrected chi connectivity index (χ2v) is 4.62. The molecule has 4 nitrogen and oxygen atoms in total. The highest BCUT2D eigenvalue weighted by molar-refractivity contribution is 5.81. The maximum Gasteiger partial charge on any atom is 0.260 e. The van der Waals surface area contributed by atoms with Crippen LogP contribution in [0.3, 0.4) is 0 Å². The van der Waals surface area contributed by atoms with Crippen LogP contribution in [-0.4, -0.2) is 18.1 Å². The normalized spacial score (nSPS) is 13.8. The second kappa shape index (κ2) is 6.28. The minimum Gasteiger partial charge on any atom is -0.479 e. The fourth-order valence-electron chi connectivity index (χ4n) is 1.48. The zero-order valence-electron chi connectivity index (χ0n) is 11.5. The predicted molar refractivity (Wildman–Crippen MR) is 73.6 cm³/mol. The number of ether oxygens (including phenoxy) is 1. The van der Waals surface area contributed by atoms with Crippen LogP contribution in [0.15, 0.2) is 18.2 Å². The smallest absolute Gasteiger partial charge is 0.260 e. The molecule has 0 aliphatic heterocycles. The van der Waals surface area contributed by atoms with Gasteiger partial charge in [-0.2, -0.15) is 0 Å². The molecule has 0 aliphatic carbocycles. The first kappa shape index (κ1) is 14.4. The molecule has 0 radical (unpaired) electrons. The zero-order chi connectivity index (χ0) is 13.7. The van der Waals surface area contributed by atoms with Crippen LogP contribution in [0.1, 0.15) is 32.8 Å². The summed E-state index contributed by atoms with van der Waals surface area (Å²) in [6.45, 7) is 7.66. The van der Waals surface area contributed by atoms with Crippen molar-refractivity contribution in [3.8, 4) is 5.75 Å². The molecule has 100 valence electrons. The first-order chi connectivity index (χ1) is 8.43. The molecule has 3 N–H and O–H groups in total. The topological polar surface area (TPSA) is 64.3 Å². The van der Waals surface area contributed by atoms with Gasteiger partial charge >= 0.3 is 0 Å². The van der Waals surface area contributed by atoms with E-state index in [1.165, 1.54) is 0 Å². The van der Waals surface area contributed by atoms with Gasteiger partial charge in [0.25, 0.3) is 5.91 Å². The highest BCUT2D eigenvalue weighted by Gasteiger charge is 2.17. The number of nitrogens with two attached hydrogens (primary N) is 1. The Morgan fingerprint density at radius 1 is 1.44 bits per heavy atom. The van der Waals surface area contributed by atoms with E-state index < -0.39 is 6.10 Å². The molecule has 0 aliphatic rings. The Labute approximate surface area is 109 Å². The van der Waals surface area contributed by atoms with Crippen molar-refractivity contribution in [3.63, 3.8) is 0 Å². The molecule has 0 fully saturated rings. The molecular formula is C14H22N2O2. The molecule has 1 aromatic carbocycles. The third-order valence-electron chi connectivity index (χ3n) is 2.84. The van der Waals surface area contributed by atoms with E-state index in [2.05, 4.69) is 5.32 Å². The molecular weight excluding hydrogens is 228 g/mol. The van der Waals surface area contributed by atoms with Crippen LogP contribution in [0.5, 0.6) is 5.75 Å². The molecule has 18 heavy (non-hydrogen) atoms. The number of rotatable bonds is 5. The van der Waals surface area contributed by atoms with Gasteiger partial charge in [0.2, 0.25) is 0 Å². The molecule has 0 spiro atoms. The largest absolute Gasteiger partial charge is 0.479 e. The lowest BCUT2D eigenvalue weighted by atomic mass is 10.2. The summed E-state index contributed by atoms with van der Waals surface area (Å²) in [5.41, 5.74) is 7.46. The molecule has 2 atom stereocenters. The highest BCUT2D eigenvalue weighted by Crippen LogP contribution is 2.23. The Balaban J connectivity index is 2.63. The maximum absolute atomic E-state index is 11.8. The first-order valence-corrected chi connectivity index (χ1v) is 6.27. The molecule has 1 amide bonds. The van der Waals surface area contributed by atoms with Gasteiger partial charge in [0, 0.05) is 6.04 Å². The summed E-state index contributed by atoms with van der Waals surface area (Å²) in [6, 6.07) is 5.68. The Kier molecular flexibility index (Phi) is 5.01. The molecule has 0 bridgehead atoms. The maximum atomic E-state index is 11.8. The molecule has 1 rings (SSSR count). The predicted octanol–water partition coefficient (Wildman–Crippen LogP) is 2.26. The number of aryl methyl sites for hydroxylation is 1.